The number of benzene rings is 1. The molecule has 1 N–H and O–H groups in total. The van der Waals surface area contributed by atoms with Crippen LogP contribution >= 0.6 is 22.9 Å². The molecule has 0 unspecified atom stereocenters. The fraction of sp³-hybridized carbons (Fsp3) is 0.214. The summed E-state index contributed by atoms with van der Waals surface area (Å²) in [4.78, 5) is 5.14. The smallest absolute Gasteiger partial charge is 0.183 e. The molecular weight excluding hydrogens is 306 g/mol. The van der Waals surface area contributed by atoms with E-state index in [9.17, 15) is 0 Å². The van der Waals surface area contributed by atoms with Gasteiger partial charge in [0, 0.05) is 29.4 Å². The predicted molar refractivity (Wildman–Crippen MR) is 85.6 cm³/mol. The van der Waals surface area contributed by atoms with Crippen LogP contribution in [0.4, 0.5) is 5.69 Å². The summed E-state index contributed by atoms with van der Waals surface area (Å²) in [6.07, 6.45) is 3.50. The van der Waals surface area contributed by atoms with Gasteiger partial charge in [0.25, 0.3) is 0 Å². The van der Waals surface area contributed by atoms with Crippen molar-refractivity contribution in [3.63, 3.8) is 0 Å². The number of nitrogens with zero attached hydrogens (tertiary/aromatic N) is 4. The van der Waals surface area contributed by atoms with Crippen molar-refractivity contribution in [3.05, 3.63) is 45.6 Å². The lowest BCUT2D eigenvalue weighted by atomic mass is 10.1. The van der Waals surface area contributed by atoms with Gasteiger partial charge < -0.3 is 9.88 Å². The van der Waals surface area contributed by atoms with E-state index in [0.29, 0.717) is 11.0 Å². The molecule has 2 aromatic heterocycles. The van der Waals surface area contributed by atoms with E-state index in [1.807, 2.05) is 23.7 Å². The van der Waals surface area contributed by atoms with E-state index in [4.69, 9.17) is 11.6 Å². The molecule has 3 rings (SSSR count). The Morgan fingerprint density at radius 3 is 2.90 bits per heavy atom. The van der Waals surface area contributed by atoms with Crippen LogP contribution in [-0.2, 0) is 13.6 Å². The Balaban J connectivity index is 1.85. The minimum absolute atomic E-state index is 0.566. The van der Waals surface area contributed by atoms with Gasteiger partial charge in [-0.2, -0.15) is 0 Å². The van der Waals surface area contributed by atoms with E-state index in [0.717, 1.165) is 27.5 Å². The molecule has 7 heteroatoms. The van der Waals surface area contributed by atoms with Gasteiger partial charge in [0.15, 0.2) is 10.3 Å². The molecule has 1 aromatic carbocycles. The van der Waals surface area contributed by atoms with Gasteiger partial charge >= 0.3 is 0 Å². The first-order valence-electron chi connectivity index (χ1n) is 6.43. The van der Waals surface area contributed by atoms with Crippen molar-refractivity contribution in [2.75, 3.05) is 5.32 Å². The average molecular weight is 320 g/mol. The third kappa shape index (κ3) is 2.91. The molecule has 0 atom stereocenters. The lowest BCUT2D eigenvalue weighted by molar-refractivity contribution is 0.918. The second kappa shape index (κ2) is 5.83. The molecule has 0 saturated carbocycles. The fourth-order valence-electron chi connectivity index (χ4n) is 2.14. The molecule has 0 radical (unpaired) electrons. The minimum Gasteiger partial charge on any atom is -0.380 e. The third-order valence-corrected chi connectivity index (χ3v) is 4.38. The molecule has 0 aliphatic rings. The van der Waals surface area contributed by atoms with Crippen LogP contribution < -0.4 is 5.32 Å². The fourth-order valence-corrected chi connectivity index (χ4v) is 3.06. The zero-order chi connectivity index (χ0) is 14.8. The summed E-state index contributed by atoms with van der Waals surface area (Å²) in [6, 6.07) is 6.12. The second-order valence-corrected chi connectivity index (χ2v) is 6.37. The predicted octanol–water partition coefficient (Wildman–Crippen LogP) is 3.51. The molecule has 5 nitrogen and oxygen atoms in total. The van der Waals surface area contributed by atoms with Crippen LogP contribution in [-0.4, -0.2) is 19.7 Å². The Bertz CT molecular complexity index is 764. The van der Waals surface area contributed by atoms with Gasteiger partial charge in [-0.05, 0) is 18.6 Å². The van der Waals surface area contributed by atoms with Crippen LogP contribution in [0, 0.1) is 6.92 Å². The summed E-state index contributed by atoms with van der Waals surface area (Å²) in [5.41, 5.74) is 3.28. The molecule has 0 amide bonds. The number of anilines is 1. The highest BCUT2D eigenvalue weighted by molar-refractivity contribution is 7.15. The highest BCUT2D eigenvalue weighted by Crippen LogP contribution is 2.27. The molecular formula is C14H14ClN5S. The van der Waals surface area contributed by atoms with Crippen LogP contribution in [0.1, 0.15) is 10.4 Å². The third-order valence-electron chi connectivity index (χ3n) is 3.26. The second-order valence-electron chi connectivity index (χ2n) is 4.68. The van der Waals surface area contributed by atoms with Gasteiger partial charge in [-0.3, -0.25) is 0 Å². The Hall–Kier alpha value is -1.92. The van der Waals surface area contributed by atoms with E-state index >= 15 is 0 Å². The number of aromatic nitrogens is 4. The van der Waals surface area contributed by atoms with Crippen LogP contribution in [0.2, 0.25) is 4.47 Å². The number of hydrogen-bond donors (Lipinski definition) is 1. The van der Waals surface area contributed by atoms with Crippen molar-refractivity contribution in [1.29, 1.82) is 0 Å². The largest absolute Gasteiger partial charge is 0.380 e. The van der Waals surface area contributed by atoms with Gasteiger partial charge in [-0.15, -0.1) is 21.5 Å². The van der Waals surface area contributed by atoms with Crippen molar-refractivity contribution in [1.82, 2.24) is 19.7 Å². The standard InChI is InChI=1S/C14H14ClN5S/c1-9-11(13-19-18-8-20(13)2)4-3-5-12(9)16-6-10-7-17-14(15)21-10/h3-5,7-8,16H,6H2,1-2H3. The molecule has 0 fully saturated rings. The zero-order valence-electron chi connectivity index (χ0n) is 11.7. The first-order chi connectivity index (χ1) is 10.1. The minimum atomic E-state index is 0.566. The molecule has 0 bridgehead atoms. The maximum atomic E-state index is 5.85. The summed E-state index contributed by atoms with van der Waals surface area (Å²) in [5, 5.41) is 11.5. The Kier molecular flexibility index (Phi) is 3.90. The Morgan fingerprint density at radius 2 is 2.24 bits per heavy atom. The number of aryl methyl sites for hydroxylation is 1. The number of nitrogens with one attached hydrogen (secondary N) is 1. The van der Waals surface area contributed by atoms with E-state index in [1.165, 1.54) is 11.3 Å². The quantitative estimate of drug-likeness (QED) is 0.799. The van der Waals surface area contributed by atoms with Gasteiger partial charge in [0.1, 0.15) is 6.33 Å². The highest BCUT2D eigenvalue weighted by Gasteiger charge is 2.10. The average Bonchev–Trinajstić information content (AvgIpc) is 3.07. The maximum absolute atomic E-state index is 5.85. The van der Waals surface area contributed by atoms with Crippen molar-refractivity contribution >= 4 is 28.6 Å². The van der Waals surface area contributed by atoms with Crippen LogP contribution in [0.15, 0.2) is 30.7 Å². The highest BCUT2D eigenvalue weighted by atomic mass is 35.5. The normalized spacial score (nSPS) is 10.8. The molecule has 3 aromatic rings. The van der Waals surface area contributed by atoms with E-state index in [1.54, 1.807) is 12.5 Å². The molecule has 21 heavy (non-hydrogen) atoms. The topological polar surface area (TPSA) is 55.6 Å². The van der Waals surface area contributed by atoms with Crippen LogP contribution in [0.25, 0.3) is 11.4 Å². The van der Waals surface area contributed by atoms with Gasteiger partial charge in [-0.25, -0.2) is 4.98 Å². The summed E-state index contributed by atoms with van der Waals surface area (Å²) in [6.45, 7) is 2.78. The monoisotopic (exact) mass is 319 g/mol. The van der Waals surface area contributed by atoms with Crippen LogP contribution in [0.3, 0.4) is 0 Å². The first-order valence-corrected chi connectivity index (χ1v) is 7.62. The molecule has 0 spiro atoms. The Labute approximate surface area is 131 Å². The summed E-state index contributed by atoms with van der Waals surface area (Å²) < 4.78 is 2.48. The van der Waals surface area contributed by atoms with Gasteiger partial charge in [-0.1, -0.05) is 23.7 Å². The number of thiazole rings is 1. The maximum Gasteiger partial charge on any atom is 0.183 e. The van der Waals surface area contributed by atoms with Gasteiger partial charge in [0.05, 0.1) is 6.54 Å². The van der Waals surface area contributed by atoms with Gasteiger partial charge in [0.2, 0.25) is 0 Å². The first kappa shape index (κ1) is 14.0. The Morgan fingerprint density at radius 1 is 1.38 bits per heavy atom. The molecule has 0 saturated heterocycles. The van der Waals surface area contributed by atoms with E-state index in [2.05, 4.69) is 33.5 Å². The van der Waals surface area contributed by atoms with E-state index in [-0.39, 0.29) is 0 Å². The molecule has 108 valence electrons. The lowest BCUT2D eigenvalue weighted by Gasteiger charge is -2.12. The molecule has 0 aliphatic carbocycles. The lowest BCUT2D eigenvalue weighted by Crippen LogP contribution is -2.01. The number of hydrogen-bond acceptors (Lipinski definition) is 5. The van der Waals surface area contributed by atoms with Crippen molar-refractivity contribution in [2.24, 2.45) is 7.05 Å². The molecule has 0 aliphatic heterocycles. The number of rotatable bonds is 4. The van der Waals surface area contributed by atoms with Crippen molar-refractivity contribution < 1.29 is 0 Å². The van der Waals surface area contributed by atoms with E-state index < -0.39 is 0 Å². The summed E-state index contributed by atoms with van der Waals surface area (Å²) in [7, 11) is 1.94. The van der Waals surface area contributed by atoms with Crippen LogP contribution in [0.5, 0.6) is 0 Å². The zero-order valence-corrected chi connectivity index (χ0v) is 13.2. The molecule has 2 heterocycles. The SMILES string of the molecule is Cc1c(NCc2cnc(Cl)s2)cccc1-c1nncn1C. The van der Waals surface area contributed by atoms with Crippen molar-refractivity contribution in [3.8, 4) is 11.4 Å². The van der Waals surface area contributed by atoms with Crippen molar-refractivity contribution in [2.45, 2.75) is 13.5 Å². The summed E-state index contributed by atoms with van der Waals surface area (Å²) in [5.74, 6) is 0.858. The summed E-state index contributed by atoms with van der Waals surface area (Å²) >= 11 is 7.33. The number of halogens is 1.